The summed E-state index contributed by atoms with van der Waals surface area (Å²) in [6.45, 7) is 0.489. The predicted octanol–water partition coefficient (Wildman–Crippen LogP) is 5.48. The number of halogens is 1. The predicted molar refractivity (Wildman–Crippen MR) is 95.4 cm³/mol. The number of rotatable bonds is 5. The number of nitrogens with zero attached hydrogens (tertiary/aromatic N) is 1. The quantitative estimate of drug-likeness (QED) is 0.620. The fourth-order valence-electron chi connectivity index (χ4n) is 2.18. The second-order valence-corrected chi connectivity index (χ2v) is 5.47. The fraction of sp³-hybridized carbons (Fsp3) is 0.0500. The van der Waals surface area contributed by atoms with Gasteiger partial charge < -0.3 is 4.74 Å². The highest BCUT2D eigenvalue weighted by Crippen LogP contribution is 2.20. The van der Waals surface area contributed by atoms with E-state index in [0.29, 0.717) is 11.6 Å². The van der Waals surface area contributed by atoms with Gasteiger partial charge in [0.2, 0.25) is 0 Å². The van der Waals surface area contributed by atoms with Crippen LogP contribution in [0, 0.1) is 0 Å². The SMILES string of the molecule is Clc1ccc(COc2ccccc2)c(C=Cc2ccccn2)c1. The van der Waals surface area contributed by atoms with Crippen LogP contribution in [0.25, 0.3) is 12.2 Å². The third kappa shape index (κ3) is 4.44. The van der Waals surface area contributed by atoms with Crippen molar-refractivity contribution in [2.45, 2.75) is 6.61 Å². The maximum Gasteiger partial charge on any atom is 0.119 e. The van der Waals surface area contributed by atoms with Crippen LogP contribution in [0.1, 0.15) is 16.8 Å². The Bertz CT molecular complexity index is 785. The first-order chi connectivity index (χ1) is 11.3. The van der Waals surface area contributed by atoms with Gasteiger partial charge in [-0.05, 0) is 53.6 Å². The van der Waals surface area contributed by atoms with E-state index in [9.17, 15) is 0 Å². The van der Waals surface area contributed by atoms with Gasteiger partial charge in [-0.3, -0.25) is 4.98 Å². The van der Waals surface area contributed by atoms with Crippen LogP contribution in [0.15, 0.2) is 72.9 Å². The van der Waals surface area contributed by atoms with Gasteiger partial charge in [0, 0.05) is 11.2 Å². The molecule has 3 heteroatoms. The average molecular weight is 322 g/mol. The molecule has 0 aliphatic heterocycles. The third-order valence-electron chi connectivity index (χ3n) is 3.37. The molecule has 0 radical (unpaired) electrons. The molecule has 3 aromatic rings. The van der Waals surface area contributed by atoms with Crippen molar-refractivity contribution in [1.29, 1.82) is 0 Å². The van der Waals surface area contributed by atoms with Crippen LogP contribution in [0.3, 0.4) is 0 Å². The molecule has 0 N–H and O–H groups in total. The summed E-state index contributed by atoms with van der Waals surface area (Å²) in [7, 11) is 0. The average Bonchev–Trinajstić information content (AvgIpc) is 2.61. The van der Waals surface area contributed by atoms with Gasteiger partial charge >= 0.3 is 0 Å². The second kappa shape index (κ2) is 7.61. The van der Waals surface area contributed by atoms with E-state index < -0.39 is 0 Å². The Balaban J connectivity index is 1.79. The molecule has 3 rings (SSSR count). The molecule has 0 unspecified atom stereocenters. The maximum absolute atomic E-state index is 6.13. The minimum absolute atomic E-state index is 0.489. The molecule has 0 bridgehead atoms. The van der Waals surface area contributed by atoms with E-state index in [1.54, 1.807) is 6.20 Å². The highest BCUT2D eigenvalue weighted by molar-refractivity contribution is 6.30. The van der Waals surface area contributed by atoms with E-state index in [-0.39, 0.29) is 0 Å². The number of aromatic nitrogens is 1. The van der Waals surface area contributed by atoms with Crippen molar-refractivity contribution in [2.24, 2.45) is 0 Å². The summed E-state index contributed by atoms with van der Waals surface area (Å²) in [5.74, 6) is 0.849. The zero-order valence-electron chi connectivity index (χ0n) is 12.5. The highest BCUT2D eigenvalue weighted by atomic mass is 35.5. The first-order valence-electron chi connectivity index (χ1n) is 7.37. The number of para-hydroxylation sites is 1. The van der Waals surface area contributed by atoms with Crippen molar-refractivity contribution in [3.05, 3.63) is 94.8 Å². The van der Waals surface area contributed by atoms with Crippen LogP contribution in [0.2, 0.25) is 5.02 Å². The number of benzene rings is 2. The van der Waals surface area contributed by atoms with Gasteiger partial charge in [-0.1, -0.05) is 48.0 Å². The number of hydrogen-bond acceptors (Lipinski definition) is 2. The molecule has 0 amide bonds. The normalized spacial score (nSPS) is 10.8. The first-order valence-corrected chi connectivity index (χ1v) is 7.74. The van der Waals surface area contributed by atoms with Gasteiger partial charge in [-0.15, -0.1) is 0 Å². The molecule has 0 aliphatic carbocycles. The molecule has 114 valence electrons. The van der Waals surface area contributed by atoms with Crippen molar-refractivity contribution in [2.75, 3.05) is 0 Å². The molecule has 2 aromatic carbocycles. The summed E-state index contributed by atoms with van der Waals surface area (Å²) < 4.78 is 5.83. The number of hydrogen-bond donors (Lipinski definition) is 0. The van der Waals surface area contributed by atoms with Gasteiger partial charge in [0.05, 0.1) is 5.69 Å². The molecular weight excluding hydrogens is 306 g/mol. The largest absolute Gasteiger partial charge is 0.489 e. The van der Waals surface area contributed by atoms with E-state index in [2.05, 4.69) is 4.98 Å². The molecule has 0 saturated heterocycles. The molecular formula is C20H16ClNO. The maximum atomic E-state index is 6.13. The molecule has 0 fully saturated rings. The molecule has 0 saturated carbocycles. The lowest BCUT2D eigenvalue weighted by atomic mass is 10.1. The van der Waals surface area contributed by atoms with Crippen LogP contribution in [-0.4, -0.2) is 4.98 Å². The Morgan fingerprint density at radius 3 is 2.52 bits per heavy atom. The van der Waals surface area contributed by atoms with Crippen molar-refractivity contribution in [1.82, 2.24) is 4.98 Å². The van der Waals surface area contributed by atoms with Crippen LogP contribution in [-0.2, 0) is 6.61 Å². The smallest absolute Gasteiger partial charge is 0.119 e. The molecule has 0 atom stereocenters. The van der Waals surface area contributed by atoms with Crippen molar-refractivity contribution < 1.29 is 4.74 Å². The summed E-state index contributed by atoms with van der Waals surface area (Å²) in [5.41, 5.74) is 3.01. The van der Waals surface area contributed by atoms with Gasteiger partial charge in [-0.2, -0.15) is 0 Å². The van der Waals surface area contributed by atoms with E-state index in [0.717, 1.165) is 22.6 Å². The van der Waals surface area contributed by atoms with E-state index in [1.807, 2.05) is 78.9 Å². The molecule has 0 spiro atoms. The van der Waals surface area contributed by atoms with Gasteiger partial charge in [0.25, 0.3) is 0 Å². The monoisotopic (exact) mass is 321 g/mol. The lowest BCUT2D eigenvalue weighted by Gasteiger charge is -2.09. The van der Waals surface area contributed by atoms with Gasteiger partial charge in [-0.25, -0.2) is 0 Å². The summed E-state index contributed by atoms with van der Waals surface area (Å²) in [5, 5.41) is 0.703. The third-order valence-corrected chi connectivity index (χ3v) is 3.60. The number of pyridine rings is 1. The van der Waals surface area contributed by atoms with Crippen LogP contribution in [0.4, 0.5) is 0 Å². The Labute approximate surface area is 141 Å². The van der Waals surface area contributed by atoms with Crippen molar-refractivity contribution in [3.63, 3.8) is 0 Å². The topological polar surface area (TPSA) is 22.1 Å². The molecule has 0 aliphatic rings. The second-order valence-electron chi connectivity index (χ2n) is 5.03. The first kappa shape index (κ1) is 15.3. The lowest BCUT2D eigenvalue weighted by Crippen LogP contribution is -1.97. The summed E-state index contributed by atoms with van der Waals surface area (Å²) in [6.07, 6.45) is 5.76. The standard InChI is InChI=1S/C20H16ClNO/c21-18-11-9-17(15-23-20-7-2-1-3-8-20)16(14-18)10-12-19-6-4-5-13-22-19/h1-14H,15H2. The molecule has 1 heterocycles. The molecule has 2 nitrogen and oxygen atoms in total. The summed E-state index contributed by atoms with van der Waals surface area (Å²) in [6, 6.07) is 21.4. The molecule has 23 heavy (non-hydrogen) atoms. The van der Waals surface area contributed by atoms with Crippen LogP contribution in [0.5, 0.6) is 5.75 Å². The van der Waals surface area contributed by atoms with E-state index in [1.165, 1.54) is 0 Å². The molecule has 1 aromatic heterocycles. The van der Waals surface area contributed by atoms with Gasteiger partial charge in [0.15, 0.2) is 0 Å². The zero-order chi connectivity index (χ0) is 15.9. The lowest BCUT2D eigenvalue weighted by molar-refractivity contribution is 0.306. The Kier molecular flexibility index (Phi) is 5.07. The minimum atomic E-state index is 0.489. The van der Waals surface area contributed by atoms with E-state index in [4.69, 9.17) is 16.3 Å². The summed E-state index contributed by atoms with van der Waals surface area (Å²) >= 11 is 6.13. The van der Waals surface area contributed by atoms with Crippen molar-refractivity contribution in [3.8, 4) is 5.75 Å². The van der Waals surface area contributed by atoms with Gasteiger partial charge in [0.1, 0.15) is 12.4 Å². The number of ether oxygens (including phenoxy) is 1. The Hall–Kier alpha value is -2.58. The van der Waals surface area contributed by atoms with Crippen molar-refractivity contribution >= 4 is 23.8 Å². The van der Waals surface area contributed by atoms with Crippen LogP contribution < -0.4 is 4.74 Å². The van der Waals surface area contributed by atoms with Crippen LogP contribution >= 0.6 is 11.6 Å². The fourth-order valence-corrected chi connectivity index (χ4v) is 2.36. The zero-order valence-corrected chi connectivity index (χ0v) is 13.3. The highest BCUT2D eigenvalue weighted by Gasteiger charge is 2.03. The van der Waals surface area contributed by atoms with E-state index >= 15 is 0 Å². The minimum Gasteiger partial charge on any atom is -0.489 e. The Morgan fingerprint density at radius 1 is 0.913 bits per heavy atom. The summed E-state index contributed by atoms with van der Waals surface area (Å²) in [4.78, 5) is 4.29. The Morgan fingerprint density at radius 2 is 1.74 bits per heavy atom.